The number of likely N-dealkylation sites (N-methyl/N-ethyl adjacent to an activating group) is 1. The van der Waals surface area contributed by atoms with Crippen LogP contribution in [0.2, 0.25) is 0 Å². The van der Waals surface area contributed by atoms with Crippen LogP contribution in [-0.2, 0) is 14.6 Å². The van der Waals surface area contributed by atoms with Gasteiger partial charge in [0.2, 0.25) is 5.91 Å². The molecule has 0 aromatic heterocycles. The predicted molar refractivity (Wildman–Crippen MR) is 60.8 cm³/mol. The van der Waals surface area contributed by atoms with Gasteiger partial charge in [-0.25, -0.2) is 8.42 Å². The minimum atomic E-state index is -3.29. The van der Waals surface area contributed by atoms with Crippen LogP contribution in [-0.4, -0.2) is 55.5 Å². The molecule has 1 amide bonds. The van der Waals surface area contributed by atoms with Crippen molar-refractivity contribution in [2.24, 2.45) is 0 Å². The van der Waals surface area contributed by atoms with E-state index < -0.39 is 27.1 Å². The van der Waals surface area contributed by atoms with Gasteiger partial charge in [0.15, 0.2) is 9.84 Å². The number of carbonyl (C=O) groups is 1. The molecule has 94 valence electrons. The summed E-state index contributed by atoms with van der Waals surface area (Å²) in [6.45, 7) is 0.224. The Morgan fingerprint density at radius 1 is 1.38 bits per heavy atom. The number of carbonyl (C=O) groups excluding carboxylic acids is 1. The molecule has 0 aromatic rings. The van der Waals surface area contributed by atoms with Crippen molar-refractivity contribution in [3.05, 3.63) is 0 Å². The Morgan fingerprint density at radius 3 is 2.31 bits per heavy atom. The topological polar surface area (TPSA) is 74.7 Å². The van der Waals surface area contributed by atoms with Crippen molar-refractivity contribution in [3.8, 4) is 0 Å². The van der Waals surface area contributed by atoms with Crippen molar-refractivity contribution in [1.82, 2.24) is 4.90 Å². The first-order valence-corrected chi connectivity index (χ1v) is 7.42. The molecular weight excluding hydrogens is 230 g/mol. The van der Waals surface area contributed by atoms with E-state index in [-0.39, 0.29) is 6.54 Å². The van der Waals surface area contributed by atoms with E-state index in [0.717, 1.165) is 19.1 Å². The third-order valence-electron chi connectivity index (χ3n) is 2.88. The van der Waals surface area contributed by atoms with E-state index in [9.17, 15) is 18.3 Å². The third kappa shape index (κ3) is 4.09. The molecule has 0 saturated heterocycles. The van der Waals surface area contributed by atoms with Crippen LogP contribution >= 0.6 is 0 Å². The molecule has 1 N–H and O–H groups in total. The summed E-state index contributed by atoms with van der Waals surface area (Å²) in [7, 11) is -1.76. The molecule has 0 bridgehead atoms. The summed E-state index contributed by atoms with van der Waals surface area (Å²) >= 11 is 0. The van der Waals surface area contributed by atoms with Gasteiger partial charge >= 0.3 is 0 Å². The lowest BCUT2D eigenvalue weighted by Gasteiger charge is -2.28. The molecule has 1 aliphatic carbocycles. The van der Waals surface area contributed by atoms with Crippen LogP contribution in [0.5, 0.6) is 0 Å². The summed E-state index contributed by atoms with van der Waals surface area (Å²) in [5.41, 5.74) is -0.818. The molecule has 5 nitrogen and oxygen atoms in total. The summed E-state index contributed by atoms with van der Waals surface area (Å²) in [6.07, 6.45) is 4.32. The van der Waals surface area contributed by atoms with E-state index in [2.05, 4.69) is 0 Å². The monoisotopic (exact) mass is 249 g/mol. The van der Waals surface area contributed by atoms with E-state index >= 15 is 0 Å². The number of sulfone groups is 1. The Kier molecular flexibility index (Phi) is 3.96. The Bertz CT molecular complexity index is 357. The fourth-order valence-electron chi connectivity index (χ4n) is 2.06. The van der Waals surface area contributed by atoms with Gasteiger partial charge in [-0.15, -0.1) is 0 Å². The third-order valence-corrected chi connectivity index (χ3v) is 3.65. The zero-order valence-electron chi connectivity index (χ0n) is 9.77. The maximum atomic E-state index is 11.5. The van der Waals surface area contributed by atoms with Crippen LogP contribution in [0.1, 0.15) is 25.7 Å². The fraction of sp³-hybridized carbons (Fsp3) is 0.900. The zero-order chi connectivity index (χ0) is 12.4. The van der Waals surface area contributed by atoms with E-state index in [4.69, 9.17) is 0 Å². The summed E-state index contributed by atoms with van der Waals surface area (Å²) < 4.78 is 21.9. The van der Waals surface area contributed by atoms with E-state index in [1.54, 1.807) is 0 Å². The molecule has 1 rings (SSSR count). The first kappa shape index (κ1) is 13.4. The molecule has 0 heterocycles. The highest BCUT2D eigenvalue weighted by atomic mass is 32.2. The predicted octanol–water partition coefficient (Wildman–Crippen LogP) is -0.205. The largest absolute Gasteiger partial charge is 0.388 e. The second-order valence-electron chi connectivity index (χ2n) is 4.75. The second-order valence-corrected chi connectivity index (χ2v) is 6.89. The first-order chi connectivity index (χ1) is 7.22. The summed E-state index contributed by atoms with van der Waals surface area (Å²) in [5.74, 6) is -0.942. The number of hydrogen-bond acceptors (Lipinski definition) is 4. The Morgan fingerprint density at radius 2 is 1.88 bits per heavy atom. The number of amides is 1. The molecule has 1 fully saturated rings. The molecule has 6 heteroatoms. The summed E-state index contributed by atoms with van der Waals surface area (Å²) in [6, 6.07) is 0. The van der Waals surface area contributed by atoms with Gasteiger partial charge in [-0.1, -0.05) is 12.8 Å². The van der Waals surface area contributed by atoms with Crippen LogP contribution in [0, 0.1) is 0 Å². The van der Waals surface area contributed by atoms with Crippen LogP contribution in [0.15, 0.2) is 0 Å². The number of nitrogens with zero attached hydrogens (tertiary/aromatic N) is 1. The minimum Gasteiger partial charge on any atom is -0.388 e. The number of hydrogen-bond donors (Lipinski definition) is 1. The SMILES string of the molecule is CN(CC1(O)CCCC1)C(=O)CS(C)(=O)=O. The number of aliphatic hydroxyl groups is 1. The quantitative estimate of drug-likeness (QED) is 0.748. The normalized spacial score (nSPS) is 19.7. The molecule has 1 aliphatic rings. The summed E-state index contributed by atoms with van der Waals surface area (Å²) in [4.78, 5) is 12.8. The molecule has 0 unspecified atom stereocenters. The van der Waals surface area contributed by atoms with E-state index in [1.165, 1.54) is 11.9 Å². The van der Waals surface area contributed by atoms with Crippen molar-refractivity contribution in [3.63, 3.8) is 0 Å². The lowest BCUT2D eigenvalue weighted by Crippen LogP contribution is -2.43. The molecule has 16 heavy (non-hydrogen) atoms. The lowest BCUT2D eigenvalue weighted by molar-refractivity contribution is -0.130. The maximum Gasteiger partial charge on any atom is 0.237 e. The van der Waals surface area contributed by atoms with Gasteiger partial charge in [0.25, 0.3) is 0 Å². The van der Waals surface area contributed by atoms with Gasteiger partial charge in [-0.05, 0) is 12.8 Å². The van der Waals surface area contributed by atoms with Gasteiger partial charge < -0.3 is 10.0 Å². The average Bonchev–Trinajstić information content (AvgIpc) is 2.48. The molecular formula is C10H19NO4S. The highest BCUT2D eigenvalue weighted by Gasteiger charge is 2.33. The molecule has 0 aromatic carbocycles. The minimum absolute atomic E-state index is 0.224. The Balaban J connectivity index is 2.52. The van der Waals surface area contributed by atoms with Crippen LogP contribution in [0.3, 0.4) is 0 Å². The van der Waals surface area contributed by atoms with Gasteiger partial charge in [0.05, 0.1) is 5.60 Å². The van der Waals surface area contributed by atoms with Gasteiger partial charge in [0.1, 0.15) is 5.75 Å². The molecule has 0 radical (unpaired) electrons. The van der Waals surface area contributed by atoms with Crippen molar-refractivity contribution >= 4 is 15.7 Å². The highest BCUT2D eigenvalue weighted by molar-refractivity contribution is 7.91. The average molecular weight is 249 g/mol. The van der Waals surface area contributed by atoms with E-state index in [0.29, 0.717) is 12.8 Å². The molecule has 0 spiro atoms. The van der Waals surface area contributed by atoms with Crippen molar-refractivity contribution < 1.29 is 18.3 Å². The second kappa shape index (κ2) is 4.71. The van der Waals surface area contributed by atoms with Crippen molar-refractivity contribution in [1.29, 1.82) is 0 Å². The lowest BCUT2D eigenvalue weighted by atomic mass is 10.0. The Labute approximate surface area is 96.4 Å². The smallest absolute Gasteiger partial charge is 0.237 e. The van der Waals surface area contributed by atoms with Crippen molar-refractivity contribution in [2.75, 3.05) is 25.6 Å². The molecule has 0 aliphatic heterocycles. The first-order valence-electron chi connectivity index (χ1n) is 5.36. The molecule has 1 saturated carbocycles. The van der Waals surface area contributed by atoms with Gasteiger partial charge in [-0.3, -0.25) is 4.79 Å². The van der Waals surface area contributed by atoms with Crippen LogP contribution in [0.25, 0.3) is 0 Å². The van der Waals surface area contributed by atoms with Crippen LogP contribution in [0.4, 0.5) is 0 Å². The Hall–Kier alpha value is -0.620. The fourth-order valence-corrected chi connectivity index (χ4v) is 2.72. The maximum absolute atomic E-state index is 11.5. The van der Waals surface area contributed by atoms with Crippen LogP contribution < -0.4 is 0 Å². The van der Waals surface area contributed by atoms with Crippen molar-refractivity contribution in [2.45, 2.75) is 31.3 Å². The van der Waals surface area contributed by atoms with Gasteiger partial charge in [0, 0.05) is 19.8 Å². The highest BCUT2D eigenvalue weighted by Crippen LogP contribution is 2.29. The van der Waals surface area contributed by atoms with E-state index in [1.807, 2.05) is 0 Å². The molecule has 0 atom stereocenters. The summed E-state index contributed by atoms with van der Waals surface area (Å²) in [5, 5.41) is 10.1. The zero-order valence-corrected chi connectivity index (χ0v) is 10.6. The van der Waals surface area contributed by atoms with Gasteiger partial charge in [-0.2, -0.15) is 0 Å². The number of rotatable bonds is 4. The standard InChI is InChI=1S/C10H19NO4S/c1-11(9(12)7-16(2,14)15)8-10(13)5-3-4-6-10/h13H,3-8H2,1-2H3.